The van der Waals surface area contributed by atoms with Gasteiger partial charge in [-0.25, -0.2) is 17.7 Å². The summed E-state index contributed by atoms with van der Waals surface area (Å²) >= 11 is 6.22. The maximum Gasteiger partial charge on any atom is 0.211 e. The Balaban J connectivity index is 0.000000294. The van der Waals surface area contributed by atoms with E-state index in [0.717, 1.165) is 48.1 Å². The van der Waals surface area contributed by atoms with Crippen LogP contribution in [-0.2, 0) is 21.4 Å². The Kier molecular flexibility index (Phi) is 12.5. The molecule has 224 valence electrons. The van der Waals surface area contributed by atoms with Crippen LogP contribution in [-0.4, -0.2) is 66.7 Å². The first-order chi connectivity index (χ1) is 19.7. The highest BCUT2D eigenvalue weighted by Crippen LogP contribution is 2.45. The Labute approximate surface area is 250 Å². The van der Waals surface area contributed by atoms with Crippen molar-refractivity contribution >= 4 is 40.2 Å². The number of nitrogens with one attached hydrogen (secondary N) is 1. The highest BCUT2D eigenvalue weighted by Gasteiger charge is 2.35. The van der Waals surface area contributed by atoms with Crippen molar-refractivity contribution in [2.75, 3.05) is 25.9 Å². The third-order valence-electron chi connectivity index (χ3n) is 7.79. The number of aldehydes is 1. The van der Waals surface area contributed by atoms with E-state index in [-0.39, 0.29) is 11.8 Å². The number of aliphatic imine (C=N–C) groups is 1. The van der Waals surface area contributed by atoms with Gasteiger partial charge in [0.2, 0.25) is 10.0 Å². The standard InChI is InChI=1S/C21H25ClN2O3S.C8H13N3.C2H6/c1-4-23-21-14(2)17(13-25)11-16-12-18(22)5-6-19(16)20(21)15-7-9-24(10-8-15)28(3,26)27;1-2-8(10-3-1)6-11-5-4-9-7-11;1-2/h4-6,11-13,15,20H,7-10H2,1-3H3;4-5,7-8,10H,1-3,6H2;1-2H3/t;8-;/m.0./s1. The summed E-state index contributed by atoms with van der Waals surface area (Å²) < 4.78 is 27.5. The van der Waals surface area contributed by atoms with Crippen LogP contribution in [0, 0.1) is 5.92 Å². The van der Waals surface area contributed by atoms with Gasteiger partial charge in [0.05, 0.1) is 18.3 Å². The van der Waals surface area contributed by atoms with Gasteiger partial charge in [0.25, 0.3) is 0 Å². The van der Waals surface area contributed by atoms with E-state index in [2.05, 4.69) is 19.9 Å². The molecule has 1 unspecified atom stereocenters. The first-order valence-electron chi connectivity index (χ1n) is 14.5. The molecule has 0 radical (unpaired) electrons. The molecule has 41 heavy (non-hydrogen) atoms. The average Bonchev–Trinajstić information content (AvgIpc) is 3.66. The monoisotopic (exact) mass is 601 g/mol. The van der Waals surface area contributed by atoms with Crippen molar-refractivity contribution in [1.82, 2.24) is 19.2 Å². The van der Waals surface area contributed by atoms with E-state index < -0.39 is 10.0 Å². The summed E-state index contributed by atoms with van der Waals surface area (Å²) in [5.41, 5.74) is 4.33. The predicted molar refractivity (Wildman–Crippen MR) is 169 cm³/mol. The van der Waals surface area contributed by atoms with Gasteiger partial charge in [-0.15, -0.1) is 0 Å². The van der Waals surface area contributed by atoms with Crippen LogP contribution < -0.4 is 5.32 Å². The fourth-order valence-electron chi connectivity index (χ4n) is 5.78. The lowest BCUT2D eigenvalue weighted by Crippen LogP contribution is -2.39. The molecule has 1 aromatic heterocycles. The summed E-state index contributed by atoms with van der Waals surface area (Å²) in [4.78, 5) is 20.4. The third-order valence-corrected chi connectivity index (χ3v) is 9.33. The van der Waals surface area contributed by atoms with Crippen molar-refractivity contribution in [2.45, 2.75) is 71.9 Å². The summed E-state index contributed by atoms with van der Waals surface area (Å²) in [5.74, 6) is 0.213. The minimum absolute atomic E-state index is 0.0149. The Hall–Kier alpha value is -2.59. The van der Waals surface area contributed by atoms with Crippen molar-refractivity contribution < 1.29 is 13.2 Å². The molecule has 3 heterocycles. The average molecular weight is 602 g/mol. The number of aromatic nitrogens is 2. The molecule has 1 aliphatic carbocycles. The lowest BCUT2D eigenvalue weighted by Gasteiger charge is -2.36. The summed E-state index contributed by atoms with van der Waals surface area (Å²) in [7, 11) is -3.18. The Morgan fingerprint density at radius 1 is 1.20 bits per heavy atom. The number of rotatable bonds is 6. The first kappa shape index (κ1) is 32.9. The van der Waals surface area contributed by atoms with Crippen molar-refractivity contribution in [3.8, 4) is 0 Å². The minimum atomic E-state index is -3.18. The first-order valence-corrected chi connectivity index (χ1v) is 16.7. The Morgan fingerprint density at radius 3 is 2.49 bits per heavy atom. The van der Waals surface area contributed by atoms with Crippen molar-refractivity contribution in [3.63, 3.8) is 0 Å². The van der Waals surface area contributed by atoms with Gasteiger partial charge in [-0.2, -0.15) is 0 Å². The van der Waals surface area contributed by atoms with Crippen LogP contribution in [0.1, 0.15) is 70.4 Å². The Morgan fingerprint density at radius 2 is 1.93 bits per heavy atom. The number of imidazole rings is 1. The summed E-state index contributed by atoms with van der Waals surface area (Å²) in [5, 5.41) is 4.06. The van der Waals surface area contributed by atoms with Crippen molar-refractivity contribution in [1.29, 1.82) is 0 Å². The highest BCUT2D eigenvalue weighted by atomic mass is 35.5. The molecule has 2 aliphatic heterocycles. The van der Waals surface area contributed by atoms with Crippen LogP contribution in [0.5, 0.6) is 0 Å². The zero-order chi connectivity index (χ0) is 30.0. The summed E-state index contributed by atoms with van der Waals surface area (Å²) in [6, 6.07) is 6.42. The van der Waals surface area contributed by atoms with Gasteiger partial charge in [0, 0.05) is 60.8 Å². The van der Waals surface area contributed by atoms with E-state index in [1.54, 1.807) is 6.21 Å². The second-order valence-electron chi connectivity index (χ2n) is 10.4. The second kappa shape index (κ2) is 15.6. The van der Waals surface area contributed by atoms with Gasteiger partial charge in [0.1, 0.15) is 6.29 Å². The van der Waals surface area contributed by atoms with Crippen LogP contribution in [0.3, 0.4) is 0 Å². The number of nitrogens with zero attached hydrogens (tertiary/aromatic N) is 4. The molecule has 3 aliphatic rings. The van der Waals surface area contributed by atoms with E-state index in [1.165, 1.54) is 29.9 Å². The van der Waals surface area contributed by atoms with E-state index in [4.69, 9.17) is 11.6 Å². The molecule has 2 fully saturated rings. The molecule has 8 nitrogen and oxygen atoms in total. The maximum atomic E-state index is 11.9. The molecular weight excluding hydrogens is 558 g/mol. The number of piperidine rings is 1. The van der Waals surface area contributed by atoms with E-state index in [0.29, 0.717) is 29.7 Å². The number of hydrogen-bond donors (Lipinski definition) is 1. The molecular formula is C31H44ClN5O3S. The number of benzene rings is 1. The van der Waals surface area contributed by atoms with Crippen LogP contribution in [0.4, 0.5) is 0 Å². The number of halogens is 1. The second-order valence-corrected chi connectivity index (χ2v) is 12.8. The van der Waals surface area contributed by atoms with Crippen molar-refractivity contribution in [2.24, 2.45) is 10.9 Å². The van der Waals surface area contributed by atoms with Crippen LogP contribution >= 0.6 is 11.6 Å². The number of hydrogen-bond acceptors (Lipinski definition) is 6. The molecule has 0 amide bonds. The summed E-state index contributed by atoms with van der Waals surface area (Å²) in [6.07, 6.45) is 15.6. The molecule has 10 heteroatoms. The quantitative estimate of drug-likeness (QED) is 0.338. The third kappa shape index (κ3) is 8.70. The number of carbonyl (C=O) groups is 1. The zero-order valence-electron chi connectivity index (χ0n) is 24.9. The van der Waals surface area contributed by atoms with Crippen LogP contribution in [0.25, 0.3) is 6.08 Å². The number of fused-ring (bicyclic) bond motifs is 1. The Bertz CT molecular complexity index is 1340. The zero-order valence-corrected chi connectivity index (χ0v) is 26.5. The topological polar surface area (TPSA) is 96.7 Å². The molecule has 0 bridgehead atoms. The van der Waals surface area contributed by atoms with E-state index in [9.17, 15) is 13.2 Å². The molecule has 2 aromatic rings. The molecule has 1 N–H and O–H groups in total. The van der Waals surface area contributed by atoms with Gasteiger partial charge >= 0.3 is 0 Å². The van der Waals surface area contributed by atoms with Gasteiger partial charge in [-0.1, -0.05) is 31.5 Å². The lowest BCUT2D eigenvalue weighted by molar-refractivity contribution is -0.104. The minimum Gasteiger partial charge on any atom is -0.336 e. The normalized spacial score (nSPS) is 21.8. The lowest BCUT2D eigenvalue weighted by atomic mass is 9.76. The largest absolute Gasteiger partial charge is 0.336 e. The molecule has 1 aromatic carbocycles. The molecule has 5 rings (SSSR count). The van der Waals surface area contributed by atoms with Gasteiger partial charge in [-0.3, -0.25) is 9.79 Å². The summed E-state index contributed by atoms with van der Waals surface area (Å²) in [6.45, 7) is 11.0. The highest BCUT2D eigenvalue weighted by molar-refractivity contribution is 7.88. The smallest absolute Gasteiger partial charge is 0.211 e. The van der Waals surface area contributed by atoms with Crippen molar-refractivity contribution in [3.05, 3.63) is 69.9 Å². The van der Waals surface area contributed by atoms with E-state index >= 15 is 0 Å². The fraction of sp³-hybridized carbons (Fsp3) is 0.516. The predicted octanol–water partition coefficient (Wildman–Crippen LogP) is 5.72. The SMILES string of the molecule is CC.CC=NC1=C(C)C(C=O)=Cc2cc(Cl)ccc2C1C1CCN(S(C)(=O)=O)CC1.c1cn(C[C@@H]2CCCN2)cn1. The number of carbonyl (C=O) groups excluding carboxylic acids is 1. The molecule has 0 spiro atoms. The van der Waals surface area contributed by atoms with Gasteiger partial charge < -0.3 is 9.88 Å². The van der Waals surface area contributed by atoms with Gasteiger partial charge in [0.15, 0.2) is 0 Å². The molecule has 2 atom stereocenters. The van der Waals surface area contributed by atoms with E-state index in [1.807, 2.05) is 70.7 Å². The van der Waals surface area contributed by atoms with Crippen LogP contribution in [0.2, 0.25) is 5.02 Å². The molecule has 2 saturated heterocycles. The maximum absolute atomic E-state index is 11.9. The van der Waals surface area contributed by atoms with Crippen LogP contribution in [0.15, 0.2) is 58.8 Å². The number of sulfonamides is 1. The van der Waals surface area contributed by atoms with Gasteiger partial charge in [-0.05, 0) is 86.9 Å². The molecule has 0 saturated carbocycles. The fourth-order valence-corrected chi connectivity index (χ4v) is 6.83. The number of allylic oxidation sites excluding steroid dienone is 3.